The lowest BCUT2D eigenvalue weighted by molar-refractivity contribution is -0.133. The van der Waals surface area contributed by atoms with Crippen molar-refractivity contribution in [3.05, 3.63) is 27.7 Å². The largest absolute Gasteiger partial charge is 0.508 e. The number of rotatable bonds is 8. The maximum absolute atomic E-state index is 13.2. The van der Waals surface area contributed by atoms with Gasteiger partial charge in [0.05, 0.1) is 0 Å². The van der Waals surface area contributed by atoms with E-state index in [4.69, 9.17) is 27.6 Å². The second-order valence-corrected chi connectivity index (χ2v) is 17.2. The summed E-state index contributed by atoms with van der Waals surface area (Å²) in [7, 11) is -1.87. The number of hydrogen-bond donors (Lipinski definition) is 1. The summed E-state index contributed by atoms with van der Waals surface area (Å²) in [5.41, 5.74) is 2.53. The van der Waals surface area contributed by atoms with Crippen molar-refractivity contribution < 1.29 is 14.3 Å². The molecule has 186 valence electrons. The molecule has 1 aliphatic carbocycles. The molecule has 0 radical (unpaired) electrons. The highest BCUT2D eigenvalue weighted by atomic mass is 35.5. The lowest BCUT2D eigenvalue weighted by Crippen LogP contribution is -2.51. The van der Waals surface area contributed by atoms with Crippen LogP contribution in [0.15, 0.2) is 12.1 Å². The summed E-state index contributed by atoms with van der Waals surface area (Å²) in [6.07, 6.45) is 5.78. The molecule has 1 aliphatic heterocycles. The predicted molar refractivity (Wildman–Crippen MR) is 140 cm³/mol. The molecule has 1 saturated heterocycles. The van der Waals surface area contributed by atoms with Crippen LogP contribution in [0.2, 0.25) is 26.7 Å². The zero-order valence-corrected chi connectivity index (χ0v) is 23.5. The van der Waals surface area contributed by atoms with Gasteiger partial charge in [-0.05, 0) is 72.8 Å². The first-order chi connectivity index (χ1) is 15.5. The van der Waals surface area contributed by atoms with Crippen LogP contribution in [0.5, 0.6) is 5.75 Å². The molecular weight excluding hydrogens is 473 g/mol. The second-order valence-electron chi connectivity index (χ2n) is 11.0. The summed E-state index contributed by atoms with van der Waals surface area (Å²) in [6, 6.07) is 3.30. The van der Waals surface area contributed by atoms with Crippen molar-refractivity contribution >= 4 is 37.4 Å². The first-order valence-electron chi connectivity index (χ1n) is 12.6. The molecule has 0 bridgehead atoms. The Balaban J connectivity index is 1.60. The normalized spacial score (nSPS) is 24.5. The molecule has 4 nitrogen and oxygen atoms in total. The van der Waals surface area contributed by atoms with Crippen molar-refractivity contribution in [2.24, 2.45) is 5.92 Å². The van der Waals surface area contributed by atoms with Gasteiger partial charge in [0, 0.05) is 34.7 Å². The highest BCUT2D eigenvalue weighted by Crippen LogP contribution is 2.45. The molecule has 2 fully saturated rings. The Labute approximate surface area is 211 Å². The second kappa shape index (κ2) is 10.9. The van der Waals surface area contributed by atoms with Crippen LogP contribution in [0.3, 0.4) is 0 Å². The molecule has 1 amide bonds. The molecule has 7 heteroatoms. The van der Waals surface area contributed by atoms with E-state index in [1.807, 2.05) is 0 Å². The number of halogens is 2. The topological polar surface area (TPSA) is 49.8 Å². The number of likely N-dealkylation sites (tertiary alicyclic amines) is 1. The number of carbonyl (C=O) groups excluding carboxylic acids is 1. The minimum atomic E-state index is -1.87. The molecule has 1 heterocycles. The quantitative estimate of drug-likeness (QED) is 0.364. The fourth-order valence-corrected chi connectivity index (χ4v) is 12.8. The van der Waals surface area contributed by atoms with Crippen LogP contribution in [0.25, 0.3) is 0 Å². The van der Waals surface area contributed by atoms with Crippen LogP contribution < -0.4 is 0 Å². The van der Waals surface area contributed by atoms with E-state index in [1.165, 1.54) is 12.1 Å². The van der Waals surface area contributed by atoms with Gasteiger partial charge < -0.3 is 14.4 Å². The molecule has 1 aromatic carbocycles. The Morgan fingerprint density at radius 3 is 1.97 bits per heavy atom. The highest BCUT2D eigenvalue weighted by Gasteiger charge is 2.47. The van der Waals surface area contributed by atoms with Gasteiger partial charge in [-0.15, -0.1) is 0 Å². The smallest absolute Gasteiger partial charge is 0.226 e. The number of phenols is 1. The van der Waals surface area contributed by atoms with Crippen LogP contribution in [0.4, 0.5) is 0 Å². The Hall–Kier alpha value is -0.753. The minimum absolute atomic E-state index is 0.0478. The molecule has 1 atom stereocenters. The zero-order chi connectivity index (χ0) is 24.5. The number of amides is 1. The van der Waals surface area contributed by atoms with E-state index in [-0.39, 0.29) is 17.6 Å². The van der Waals surface area contributed by atoms with Crippen molar-refractivity contribution in [3.8, 4) is 5.75 Å². The van der Waals surface area contributed by atoms with Crippen LogP contribution in [0.1, 0.15) is 79.2 Å². The third-order valence-corrected chi connectivity index (χ3v) is 14.9. The van der Waals surface area contributed by atoms with Crippen molar-refractivity contribution in [3.63, 3.8) is 0 Å². The van der Waals surface area contributed by atoms with Gasteiger partial charge in [-0.1, -0.05) is 64.7 Å². The molecule has 33 heavy (non-hydrogen) atoms. The van der Waals surface area contributed by atoms with Gasteiger partial charge in [-0.3, -0.25) is 4.79 Å². The number of benzene rings is 1. The third kappa shape index (κ3) is 5.57. The average Bonchev–Trinajstić information content (AvgIpc) is 3.08. The standard InChI is InChI=1S/C26H41Cl2NO3Si/c1-16(2)33(17(3)4,18(5)6)32-22-9-7-20(8-10-22)29-12-11-19(26(29)31)13-23-24(27)14-21(30)15-25(23)28/h14-20,22,30H,7-13H2,1-6H3. The Morgan fingerprint density at radius 1 is 0.970 bits per heavy atom. The molecule has 2 aliphatic rings. The molecule has 1 N–H and O–H groups in total. The Kier molecular flexibility index (Phi) is 8.85. The van der Waals surface area contributed by atoms with Gasteiger partial charge in [0.15, 0.2) is 0 Å². The molecule has 1 unspecified atom stereocenters. The van der Waals surface area contributed by atoms with Gasteiger partial charge in [0.2, 0.25) is 14.2 Å². The van der Waals surface area contributed by atoms with E-state index in [0.29, 0.717) is 45.2 Å². The zero-order valence-electron chi connectivity index (χ0n) is 21.0. The average molecular weight is 515 g/mol. The van der Waals surface area contributed by atoms with Crippen LogP contribution >= 0.6 is 23.2 Å². The number of nitrogens with zero attached hydrogens (tertiary/aromatic N) is 1. The van der Waals surface area contributed by atoms with Crippen molar-refractivity contribution in [2.45, 2.75) is 109 Å². The molecule has 3 rings (SSSR count). The van der Waals surface area contributed by atoms with E-state index in [9.17, 15) is 9.90 Å². The van der Waals surface area contributed by atoms with Crippen molar-refractivity contribution in [1.82, 2.24) is 4.90 Å². The fraction of sp³-hybridized carbons (Fsp3) is 0.731. The fourth-order valence-electron chi connectivity index (χ4n) is 6.52. The maximum atomic E-state index is 13.2. The number of hydrogen-bond acceptors (Lipinski definition) is 3. The monoisotopic (exact) mass is 513 g/mol. The summed E-state index contributed by atoms with van der Waals surface area (Å²) >= 11 is 12.6. The lowest BCUT2D eigenvalue weighted by atomic mass is 9.92. The van der Waals surface area contributed by atoms with Crippen molar-refractivity contribution in [1.29, 1.82) is 0 Å². The minimum Gasteiger partial charge on any atom is -0.508 e. The lowest BCUT2D eigenvalue weighted by Gasteiger charge is -2.46. The maximum Gasteiger partial charge on any atom is 0.226 e. The first kappa shape index (κ1) is 26.8. The van der Waals surface area contributed by atoms with Crippen LogP contribution in [0, 0.1) is 5.92 Å². The van der Waals surface area contributed by atoms with E-state index in [2.05, 4.69) is 46.4 Å². The van der Waals surface area contributed by atoms with Gasteiger partial charge in [-0.2, -0.15) is 0 Å². The summed E-state index contributed by atoms with van der Waals surface area (Å²) in [5.74, 6) is 0.169. The predicted octanol–water partition coefficient (Wildman–Crippen LogP) is 7.59. The van der Waals surface area contributed by atoms with Gasteiger partial charge in [0.1, 0.15) is 5.75 Å². The van der Waals surface area contributed by atoms with Crippen molar-refractivity contribution in [2.75, 3.05) is 6.54 Å². The number of carbonyl (C=O) groups is 1. The summed E-state index contributed by atoms with van der Waals surface area (Å²) in [5, 5.41) is 10.5. The molecule has 1 saturated carbocycles. The van der Waals surface area contributed by atoms with Gasteiger partial charge in [0.25, 0.3) is 0 Å². The van der Waals surface area contributed by atoms with Crippen LogP contribution in [-0.2, 0) is 15.6 Å². The first-order valence-corrected chi connectivity index (χ1v) is 15.5. The van der Waals surface area contributed by atoms with E-state index < -0.39 is 8.32 Å². The molecule has 1 aromatic rings. The number of phenolic OH excluding ortho intramolecular Hbond substituents is 1. The Morgan fingerprint density at radius 2 is 1.48 bits per heavy atom. The molecule has 0 aromatic heterocycles. The van der Waals surface area contributed by atoms with Gasteiger partial charge >= 0.3 is 0 Å². The van der Waals surface area contributed by atoms with Gasteiger partial charge in [-0.25, -0.2) is 0 Å². The number of aromatic hydroxyl groups is 1. The SMILES string of the molecule is CC(C)[Si](OC1CCC(N2CCC(Cc3c(Cl)cc(O)cc3Cl)C2=O)CC1)(C(C)C)C(C)C. The summed E-state index contributed by atoms with van der Waals surface area (Å²) in [4.78, 5) is 15.3. The highest BCUT2D eigenvalue weighted by molar-refractivity contribution is 6.77. The summed E-state index contributed by atoms with van der Waals surface area (Å²) in [6.45, 7) is 14.8. The van der Waals surface area contributed by atoms with E-state index in [0.717, 1.165) is 44.2 Å². The molecule has 0 spiro atoms. The van der Waals surface area contributed by atoms with Crippen LogP contribution in [-0.4, -0.2) is 42.9 Å². The third-order valence-electron chi connectivity index (χ3n) is 8.09. The summed E-state index contributed by atoms with van der Waals surface area (Å²) < 4.78 is 7.02. The van der Waals surface area contributed by atoms with E-state index in [1.54, 1.807) is 0 Å². The Bertz CT molecular complexity index is 792. The van der Waals surface area contributed by atoms with E-state index >= 15 is 0 Å². The molecular formula is C26H41Cl2NO3Si.